The van der Waals surface area contributed by atoms with Crippen LogP contribution < -0.4 is 26.8 Å². The minimum atomic E-state index is -1.34. The smallest absolute Gasteiger partial charge is 0.341 e. The number of carboxylic acid groups (broad SMARTS) is 1. The van der Waals surface area contributed by atoms with E-state index in [1.165, 1.54) is 19.1 Å². The number of nitrogens with two attached hydrogens (primary N) is 2. The van der Waals surface area contributed by atoms with Gasteiger partial charge >= 0.3 is 5.97 Å². The van der Waals surface area contributed by atoms with Gasteiger partial charge in [-0.15, -0.1) is 0 Å². The Bertz CT molecular complexity index is 878. The topological polar surface area (TPSA) is 211 Å². The van der Waals surface area contributed by atoms with E-state index < -0.39 is 60.3 Å². The maximum Gasteiger partial charge on any atom is 0.341 e. The number of amides is 4. The molecule has 1 aromatic rings. The summed E-state index contributed by atoms with van der Waals surface area (Å²) in [5.74, 6) is -3.66. The van der Waals surface area contributed by atoms with Crippen molar-refractivity contribution >= 4 is 41.4 Å². The molecule has 0 fully saturated rings. The Labute approximate surface area is 200 Å². The number of carbonyl (C=O) groups is 5. The number of ether oxygens (including phenoxy) is 1. The Balaban J connectivity index is 2.71. The molecule has 34 heavy (non-hydrogen) atoms. The van der Waals surface area contributed by atoms with E-state index in [4.69, 9.17) is 21.3 Å². The van der Waals surface area contributed by atoms with Gasteiger partial charge in [0.15, 0.2) is 6.61 Å². The van der Waals surface area contributed by atoms with E-state index in [2.05, 4.69) is 10.6 Å². The molecule has 0 bridgehead atoms. The van der Waals surface area contributed by atoms with Gasteiger partial charge in [0.25, 0.3) is 0 Å². The quantitative estimate of drug-likeness (QED) is 0.164. The van der Waals surface area contributed by atoms with Crippen molar-refractivity contribution in [3.05, 3.63) is 29.8 Å². The number of thioether (sulfide) groups is 1. The van der Waals surface area contributed by atoms with Gasteiger partial charge in [-0.05, 0) is 24.6 Å². The molecule has 0 spiro atoms. The molecule has 0 radical (unpaired) electrons. The first kappa shape index (κ1) is 28.7. The summed E-state index contributed by atoms with van der Waals surface area (Å²) in [5.41, 5.74) is 11.2. The number of primary amides is 2. The Morgan fingerprint density at radius 2 is 1.65 bits per heavy atom. The number of hydrogen-bond acceptors (Lipinski definition) is 8. The highest BCUT2D eigenvalue weighted by molar-refractivity contribution is 7.99. The van der Waals surface area contributed by atoms with E-state index in [9.17, 15) is 29.1 Å². The lowest BCUT2D eigenvalue weighted by atomic mass is 10.0. The van der Waals surface area contributed by atoms with Crippen molar-refractivity contribution in [1.82, 2.24) is 10.6 Å². The van der Waals surface area contributed by atoms with Crippen LogP contribution in [0.15, 0.2) is 24.3 Å². The second-order valence-electron chi connectivity index (χ2n) is 7.60. The zero-order valence-corrected chi connectivity index (χ0v) is 19.7. The van der Waals surface area contributed by atoms with Gasteiger partial charge in [0.1, 0.15) is 17.8 Å². The van der Waals surface area contributed by atoms with Crippen molar-refractivity contribution in [3.8, 4) is 5.75 Å². The van der Waals surface area contributed by atoms with Crippen LogP contribution in [0.2, 0.25) is 0 Å². The van der Waals surface area contributed by atoms with Gasteiger partial charge in [-0.1, -0.05) is 19.1 Å². The fourth-order valence-corrected chi connectivity index (χ4v) is 3.52. The van der Waals surface area contributed by atoms with Gasteiger partial charge < -0.3 is 37.1 Å². The number of carboxylic acids is 1. The van der Waals surface area contributed by atoms with Crippen molar-refractivity contribution in [2.75, 3.05) is 18.1 Å². The molecule has 188 valence electrons. The number of aliphatic carboxylic acids is 1. The van der Waals surface area contributed by atoms with Gasteiger partial charge in [0, 0.05) is 18.1 Å². The molecule has 0 saturated heterocycles. The summed E-state index contributed by atoms with van der Waals surface area (Å²) in [6, 6.07) is 3.70. The summed E-state index contributed by atoms with van der Waals surface area (Å²) in [6.45, 7) is 2.43. The van der Waals surface area contributed by atoms with Crippen molar-refractivity contribution in [2.45, 2.75) is 38.5 Å². The number of benzene rings is 1. The Hall–Kier alpha value is -3.32. The number of hydrogen-bond donors (Lipinski definition) is 6. The Kier molecular flexibility index (Phi) is 11.9. The first-order valence-corrected chi connectivity index (χ1v) is 11.4. The van der Waals surface area contributed by atoms with Gasteiger partial charge in [-0.3, -0.25) is 19.2 Å². The largest absolute Gasteiger partial charge is 0.482 e. The lowest BCUT2D eigenvalue weighted by Gasteiger charge is -2.24. The van der Waals surface area contributed by atoms with Gasteiger partial charge in [0.2, 0.25) is 23.6 Å². The van der Waals surface area contributed by atoms with Crippen LogP contribution in [0.3, 0.4) is 0 Å². The minimum Gasteiger partial charge on any atom is -0.482 e. The summed E-state index contributed by atoms with van der Waals surface area (Å²) < 4.78 is 5.03. The summed E-state index contributed by atoms with van der Waals surface area (Å²) in [4.78, 5) is 58.3. The maximum absolute atomic E-state index is 12.7. The van der Waals surface area contributed by atoms with E-state index in [0.29, 0.717) is 17.1 Å². The lowest BCUT2D eigenvalue weighted by Crippen LogP contribution is -2.57. The summed E-state index contributed by atoms with van der Waals surface area (Å²) >= 11 is 1.15. The molecule has 0 aliphatic heterocycles. The molecule has 4 atom stereocenters. The molecule has 0 aliphatic rings. The third-order valence-corrected chi connectivity index (χ3v) is 5.76. The number of rotatable bonds is 15. The van der Waals surface area contributed by atoms with E-state index in [1.54, 1.807) is 19.1 Å². The highest BCUT2D eigenvalue weighted by Gasteiger charge is 2.29. The molecule has 0 aliphatic carbocycles. The fraction of sp³-hybridized carbons (Fsp3) is 0.476. The summed E-state index contributed by atoms with van der Waals surface area (Å²) in [5, 5.41) is 23.4. The van der Waals surface area contributed by atoms with E-state index >= 15 is 0 Å². The van der Waals surface area contributed by atoms with Gasteiger partial charge in [-0.25, -0.2) is 4.79 Å². The van der Waals surface area contributed by atoms with Crippen molar-refractivity contribution < 1.29 is 38.9 Å². The number of carbonyl (C=O) groups excluding carboxylic acids is 4. The van der Waals surface area contributed by atoms with E-state index in [0.717, 1.165) is 11.8 Å². The average molecular weight is 499 g/mol. The SMILES string of the molecule is C[C@@H](CSCC(=O)N[C@H](C(=O)N[C@@H](Cc1ccc(OCC(=O)O)cc1)C(N)=O)[C@@H](C)O)C(N)=O. The average Bonchev–Trinajstić information content (AvgIpc) is 2.75. The molecular weight excluding hydrogens is 468 g/mol. The van der Waals surface area contributed by atoms with Gasteiger partial charge in [0.05, 0.1) is 11.9 Å². The Morgan fingerprint density at radius 3 is 2.15 bits per heavy atom. The molecule has 0 saturated carbocycles. The maximum atomic E-state index is 12.7. The molecule has 4 amide bonds. The van der Waals surface area contributed by atoms with Crippen molar-refractivity contribution in [1.29, 1.82) is 0 Å². The normalized spacial score (nSPS) is 14.2. The van der Waals surface area contributed by atoms with Crippen LogP contribution >= 0.6 is 11.8 Å². The molecule has 12 nitrogen and oxygen atoms in total. The van der Waals surface area contributed by atoms with E-state index in [1.807, 2.05) is 0 Å². The zero-order chi connectivity index (χ0) is 25.8. The number of nitrogens with one attached hydrogen (secondary N) is 2. The molecule has 1 rings (SSSR count). The lowest BCUT2D eigenvalue weighted by molar-refractivity contribution is -0.139. The first-order chi connectivity index (χ1) is 15.9. The summed E-state index contributed by atoms with van der Waals surface area (Å²) in [7, 11) is 0. The van der Waals surface area contributed by atoms with Crippen LogP contribution in [0.25, 0.3) is 0 Å². The van der Waals surface area contributed by atoms with Crippen LogP contribution in [0.1, 0.15) is 19.4 Å². The minimum absolute atomic E-state index is 0.0155. The number of aliphatic hydroxyl groups is 1. The third-order valence-electron chi connectivity index (χ3n) is 4.55. The van der Waals surface area contributed by atoms with Crippen LogP contribution in [0.5, 0.6) is 5.75 Å². The third kappa shape index (κ3) is 10.5. The second kappa shape index (κ2) is 14.1. The van der Waals surface area contributed by atoms with Crippen LogP contribution in [-0.4, -0.2) is 76.1 Å². The van der Waals surface area contributed by atoms with Crippen LogP contribution in [0.4, 0.5) is 0 Å². The molecule has 0 aromatic heterocycles. The summed E-state index contributed by atoms with van der Waals surface area (Å²) in [6.07, 6.45) is -1.25. The molecule has 0 unspecified atom stereocenters. The first-order valence-electron chi connectivity index (χ1n) is 10.3. The fourth-order valence-electron chi connectivity index (χ4n) is 2.62. The van der Waals surface area contributed by atoms with E-state index in [-0.39, 0.29) is 12.2 Å². The Morgan fingerprint density at radius 1 is 1.03 bits per heavy atom. The van der Waals surface area contributed by atoms with Crippen molar-refractivity contribution in [3.63, 3.8) is 0 Å². The molecule has 13 heteroatoms. The highest BCUT2D eigenvalue weighted by Crippen LogP contribution is 2.14. The zero-order valence-electron chi connectivity index (χ0n) is 18.9. The molecule has 8 N–H and O–H groups in total. The number of aliphatic hydroxyl groups excluding tert-OH is 1. The van der Waals surface area contributed by atoms with Crippen LogP contribution in [0, 0.1) is 5.92 Å². The standard InChI is InChI=1S/C21H30N4O8S/c1-11(19(22)30)9-34-10-16(27)25-18(12(2)26)21(32)24-15(20(23)31)7-13-3-5-14(6-4-13)33-8-17(28)29/h3-6,11-12,15,18,26H,7-10H2,1-2H3,(H2,22,30)(H2,23,31)(H,24,32)(H,25,27)(H,28,29)/t11-,12+,15-,18-/m0/s1. The van der Waals surface area contributed by atoms with Crippen LogP contribution in [-0.2, 0) is 30.4 Å². The monoisotopic (exact) mass is 498 g/mol. The molecule has 0 heterocycles. The predicted molar refractivity (Wildman–Crippen MR) is 124 cm³/mol. The van der Waals surface area contributed by atoms with Gasteiger partial charge in [-0.2, -0.15) is 11.8 Å². The highest BCUT2D eigenvalue weighted by atomic mass is 32.2. The second-order valence-corrected chi connectivity index (χ2v) is 8.63. The molecule has 1 aromatic carbocycles. The predicted octanol–water partition coefficient (Wildman–Crippen LogP) is -1.62. The molecular formula is C21H30N4O8S. The van der Waals surface area contributed by atoms with Crippen molar-refractivity contribution in [2.24, 2.45) is 17.4 Å².